The molecule has 0 atom stereocenters. The van der Waals surface area contributed by atoms with Crippen LogP contribution in [0.25, 0.3) is 0 Å². The first-order chi connectivity index (χ1) is 6.20. The maximum absolute atomic E-state index is 10.5. The summed E-state index contributed by atoms with van der Waals surface area (Å²) in [5.74, 6) is 0.361. The third-order valence-electron chi connectivity index (χ3n) is 1.96. The third kappa shape index (κ3) is 1.31. The highest BCUT2D eigenvalue weighted by Crippen LogP contribution is 2.24. The van der Waals surface area contributed by atoms with Gasteiger partial charge in [0.1, 0.15) is 5.82 Å². The van der Waals surface area contributed by atoms with Gasteiger partial charge in [-0.15, -0.1) is 0 Å². The van der Waals surface area contributed by atoms with Crippen LogP contribution in [0.4, 0.5) is 5.82 Å². The number of nitrogen functional groups attached to an aromatic ring is 1. The van der Waals surface area contributed by atoms with E-state index in [4.69, 9.17) is 17.3 Å². The molecule has 1 aromatic rings. The monoisotopic (exact) mass is 198 g/mol. The Labute approximate surface area is 79.5 Å². The predicted molar refractivity (Wildman–Crippen MR) is 46.8 cm³/mol. The Morgan fingerprint density at radius 3 is 2.92 bits per heavy atom. The summed E-state index contributed by atoms with van der Waals surface area (Å²) >= 11 is 5.61. The molecule has 0 spiro atoms. The molecular formula is C7H7ClN4O. The zero-order chi connectivity index (χ0) is 9.42. The number of amides is 1. The summed E-state index contributed by atoms with van der Waals surface area (Å²) in [5, 5.41) is 0.129. The zero-order valence-electron chi connectivity index (χ0n) is 6.70. The Bertz CT molecular complexity index is 368. The van der Waals surface area contributed by atoms with Crippen molar-refractivity contribution in [2.45, 2.75) is 13.1 Å². The quantitative estimate of drug-likeness (QED) is 0.516. The summed E-state index contributed by atoms with van der Waals surface area (Å²) in [6, 6.07) is 0. The van der Waals surface area contributed by atoms with Gasteiger partial charge in [0.25, 0.3) is 0 Å². The average molecular weight is 199 g/mol. The van der Waals surface area contributed by atoms with Crippen LogP contribution in [0.2, 0.25) is 5.28 Å². The molecule has 0 aliphatic carbocycles. The number of fused-ring (bicyclic) bond motifs is 1. The number of hydrogen-bond donors (Lipinski definition) is 1. The van der Waals surface area contributed by atoms with Crippen molar-refractivity contribution in [3.05, 3.63) is 16.5 Å². The minimum Gasteiger partial charge on any atom is -0.383 e. The summed E-state index contributed by atoms with van der Waals surface area (Å²) in [4.78, 5) is 19.8. The van der Waals surface area contributed by atoms with Gasteiger partial charge in [-0.2, -0.15) is 0 Å². The van der Waals surface area contributed by atoms with E-state index in [1.807, 2.05) is 0 Å². The number of rotatable bonds is 1. The standard InChI is InChI=1S/C7H7ClN4O/c8-7-10-5-2-12(3-13)1-4(5)6(9)11-7/h3H,1-2H2,(H2,9,10,11). The lowest BCUT2D eigenvalue weighted by Gasteiger charge is -2.04. The molecule has 5 nitrogen and oxygen atoms in total. The molecule has 0 saturated carbocycles. The highest BCUT2D eigenvalue weighted by Gasteiger charge is 2.22. The van der Waals surface area contributed by atoms with Gasteiger partial charge in [-0.3, -0.25) is 4.79 Å². The number of anilines is 1. The van der Waals surface area contributed by atoms with Crippen molar-refractivity contribution in [1.29, 1.82) is 0 Å². The minimum atomic E-state index is 0.129. The molecule has 1 amide bonds. The molecule has 0 radical (unpaired) electrons. The lowest BCUT2D eigenvalue weighted by Crippen LogP contribution is -2.13. The van der Waals surface area contributed by atoms with E-state index in [0.717, 1.165) is 17.7 Å². The average Bonchev–Trinajstić information content (AvgIpc) is 2.47. The minimum absolute atomic E-state index is 0.129. The molecule has 1 aliphatic heterocycles. The molecular weight excluding hydrogens is 192 g/mol. The van der Waals surface area contributed by atoms with E-state index >= 15 is 0 Å². The number of carbonyl (C=O) groups is 1. The highest BCUT2D eigenvalue weighted by molar-refractivity contribution is 6.28. The molecule has 0 aromatic carbocycles. The molecule has 2 heterocycles. The van der Waals surface area contributed by atoms with Crippen LogP contribution >= 0.6 is 11.6 Å². The number of nitrogens with two attached hydrogens (primary N) is 1. The molecule has 2 N–H and O–H groups in total. The van der Waals surface area contributed by atoms with Gasteiger partial charge in [-0.05, 0) is 11.6 Å². The van der Waals surface area contributed by atoms with Crippen molar-refractivity contribution in [1.82, 2.24) is 14.9 Å². The summed E-state index contributed by atoms with van der Waals surface area (Å²) in [7, 11) is 0. The summed E-state index contributed by atoms with van der Waals surface area (Å²) in [6.07, 6.45) is 0.759. The topological polar surface area (TPSA) is 72.1 Å². The normalized spacial score (nSPS) is 14.4. The Morgan fingerprint density at radius 2 is 2.23 bits per heavy atom. The van der Waals surface area contributed by atoms with Crippen LogP contribution < -0.4 is 5.73 Å². The van der Waals surface area contributed by atoms with E-state index < -0.39 is 0 Å². The molecule has 13 heavy (non-hydrogen) atoms. The van der Waals surface area contributed by atoms with Crippen molar-refractivity contribution in [3.8, 4) is 0 Å². The Hall–Kier alpha value is -1.36. The number of nitrogens with zero attached hydrogens (tertiary/aromatic N) is 3. The van der Waals surface area contributed by atoms with Gasteiger partial charge in [-0.1, -0.05) is 0 Å². The second kappa shape index (κ2) is 2.85. The van der Waals surface area contributed by atoms with Crippen molar-refractivity contribution in [2.24, 2.45) is 0 Å². The van der Waals surface area contributed by atoms with Crippen molar-refractivity contribution in [3.63, 3.8) is 0 Å². The Morgan fingerprint density at radius 1 is 1.46 bits per heavy atom. The van der Waals surface area contributed by atoms with Gasteiger partial charge in [0.05, 0.1) is 18.8 Å². The predicted octanol–water partition coefficient (Wildman–Crippen LogP) is 0.184. The number of aromatic nitrogens is 2. The van der Waals surface area contributed by atoms with E-state index in [0.29, 0.717) is 18.9 Å². The van der Waals surface area contributed by atoms with Crippen LogP contribution in [-0.4, -0.2) is 21.3 Å². The zero-order valence-corrected chi connectivity index (χ0v) is 7.45. The third-order valence-corrected chi connectivity index (χ3v) is 2.13. The van der Waals surface area contributed by atoms with Crippen LogP contribution in [0.15, 0.2) is 0 Å². The first kappa shape index (κ1) is 8.25. The van der Waals surface area contributed by atoms with Gasteiger partial charge in [0, 0.05) is 5.56 Å². The smallest absolute Gasteiger partial charge is 0.224 e. The maximum atomic E-state index is 10.5. The van der Waals surface area contributed by atoms with Crippen LogP contribution in [-0.2, 0) is 17.9 Å². The summed E-state index contributed by atoms with van der Waals surface area (Å²) in [5.41, 5.74) is 7.15. The van der Waals surface area contributed by atoms with Gasteiger partial charge < -0.3 is 10.6 Å². The Kier molecular flexibility index (Phi) is 1.81. The largest absolute Gasteiger partial charge is 0.383 e. The van der Waals surface area contributed by atoms with Crippen LogP contribution in [0.5, 0.6) is 0 Å². The molecule has 0 bridgehead atoms. The van der Waals surface area contributed by atoms with Gasteiger partial charge in [0.2, 0.25) is 11.7 Å². The van der Waals surface area contributed by atoms with Crippen molar-refractivity contribution < 1.29 is 4.79 Å². The molecule has 2 rings (SSSR count). The van der Waals surface area contributed by atoms with E-state index in [2.05, 4.69) is 9.97 Å². The number of halogens is 1. The fraction of sp³-hybridized carbons (Fsp3) is 0.286. The maximum Gasteiger partial charge on any atom is 0.224 e. The lowest BCUT2D eigenvalue weighted by molar-refractivity contribution is -0.118. The van der Waals surface area contributed by atoms with Gasteiger partial charge in [0.15, 0.2) is 0 Å². The number of hydrogen-bond acceptors (Lipinski definition) is 4. The molecule has 1 aromatic heterocycles. The fourth-order valence-corrected chi connectivity index (χ4v) is 1.54. The van der Waals surface area contributed by atoms with E-state index in [9.17, 15) is 4.79 Å². The molecule has 6 heteroatoms. The number of carbonyl (C=O) groups excluding carboxylic acids is 1. The first-order valence-corrected chi connectivity index (χ1v) is 4.08. The van der Waals surface area contributed by atoms with Crippen LogP contribution in [0.3, 0.4) is 0 Å². The molecule has 68 valence electrons. The SMILES string of the molecule is Nc1nc(Cl)nc2c1CN(C=O)C2. The van der Waals surface area contributed by atoms with Crippen LogP contribution in [0, 0.1) is 0 Å². The molecule has 0 fully saturated rings. The second-order valence-corrected chi connectivity index (χ2v) is 3.15. The van der Waals surface area contributed by atoms with E-state index in [1.165, 1.54) is 0 Å². The summed E-state index contributed by atoms with van der Waals surface area (Å²) < 4.78 is 0. The lowest BCUT2D eigenvalue weighted by atomic mass is 10.2. The molecule has 0 saturated heterocycles. The Balaban J connectivity index is 2.45. The fourth-order valence-electron chi connectivity index (χ4n) is 1.35. The van der Waals surface area contributed by atoms with Gasteiger partial charge in [-0.25, -0.2) is 9.97 Å². The van der Waals surface area contributed by atoms with Gasteiger partial charge >= 0.3 is 0 Å². The van der Waals surface area contributed by atoms with Crippen LogP contribution in [0.1, 0.15) is 11.3 Å². The van der Waals surface area contributed by atoms with E-state index in [1.54, 1.807) is 4.90 Å². The first-order valence-electron chi connectivity index (χ1n) is 3.71. The highest BCUT2D eigenvalue weighted by atomic mass is 35.5. The second-order valence-electron chi connectivity index (χ2n) is 2.81. The molecule has 0 unspecified atom stereocenters. The van der Waals surface area contributed by atoms with Crippen molar-refractivity contribution >= 4 is 23.8 Å². The molecule has 1 aliphatic rings. The summed E-state index contributed by atoms with van der Waals surface area (Å²) in [6.45, 7) is 0.938. The van der Waals surface area contributed by atoms with E-state index in [-0.39, 0.29) is 5.28 Å². The van der Waals surface area contributed by atoms with Crippen molar-refractivity contribution in [2.75, 3.05) is 5.73 Å².